The largest absolute Gasteiger partial charge is 0.490 e. The molecule has 5 heteroatoms. The Morgan fingerprint density at radius 2 is 1.91 bits per heavy atom. The van der Waals surface area contributed by atoms with E-state index in [9.17, 15) is 4.79 Å². The third-order valence-electron chi connectivity index (χ3n) is 4.00. The lowest BCUT2D eigenvalue weighted by molar-refractivity contribution is -0.671. The molecular weight excluding hydrogens is 292 g/mol. The zero-order valence-electron chi connectivity index (χ0n) is 15.1. The first-order valence-corrected chi connectivity index (χ1v) is 8.19. The molecule has 1 unspecified atom stereocenters. The minimum Gasteiger partial charge on any atom is -0.490 e. The van der Waals surface area contributed by atoms with Crippen LogP contribution in [0.4, 0.5) is 4.79 Å². The van der Waals surface area contributed by atoms with Gasteiger partial charge in [-0.15, -0.1) is 0 Å². The molecule has 1 saturated heterocycles. The van der Waals surface area contributed by atoms with E-state index in [4.69, 9.17) is 9.47 Å². The van der Waals surface area contributed by atoms with Crippen LogP contribution < -0.4 is 9.30 Å². The second-order valence-corrected chi connectivity index (χ2v) is 7.88. The zero-order valence-corrected chi connectivity index (χ0v) is 15.1. The summed E-state index contributed by atoms with van der Waals surface area (Å²) in [6, 6.07) is 3.93. The summed E-state index contributed by atoms with van der Waals surface area (Å²) in [7, 11) is 1.98. The van der Waals surface area contributed by atoms with Crippen LogP contribution in [0.2, 0.25) is 0 Å². The maximum absolute atomic E-state index is 12.4. The average Bonchev–Trinajstić information content (AvgIpc) is 2.38. The van der Waals surface area contributed by atoms with Crippen LogP contribution >= 0.6 is 0 Å². The number of likely N-dealkylation sites (tertiary alicyclic amines) is 1. The highest BCUT2D eigenvalue weighted by Crippen LogP contribution is 2.31. The van der Waals surface area contributed by atoms with E-state index in [-0.39, 0.29) is 17.7 Å². The molecule has 1 atom stereocenters. The fourth-order valence-electron chi connectivity index (χ4n) is 2.86. The van der Waals surface area contributed by atoms with Crippen molar-refractivity contribution in [3.8, 4) is 5.75 Å². The molecule has 0 saturated carbocycles. The van der Waals surface area contributed by atoms with Crippen LogP contribution in [0.3, 0.4) is 0 Å². The summed E-state index contributed by atoms with van der Waals surface area (Å²) in [6.07, 6.45) is 5.40. The zero-order chi connectivity index (χ0) is 17.3. The van der Waals surface area contributed by atoms with Gasteiger partial charge >= 0.3 is 6.09 Å². The van der Waals surface area contributed by atoms with Gasteiger partial charge in [0.05, 0.1) is 0 Å². The summed E-state index contributed by atoms with van der Waals surface area (Å²) in [5.41, 5.74) is -0.759. The molecule has 0 radical (unpaired) electrons. The molecule has 128 valence electrons. The fraction of sp³-hybridized carbons (Fsp3) is 0.667. The van der Waals surface area contributed by atoms with E-state index in [1.165, 1.54) is 0 Å². The van der Waals surface area contributed by atoms with Crippen molar-refractivity contribution < 1.29 is 18.8 Å². The van der Waals surface area contributed by atoms with Gasteiger partial charge in [0.1, 0.15) is 24.5 Å². The molecule has 23 heavy (non-hydrogen) atoms. The maximum atomic E-state index is 12.4. The lowest BCUT2D eigenvalue weighted by Crippen LogP contribution is -2.56. The molecule has 1 fully saturated rings. The van der Waals surface area contributed by atoms with Gasteiger partial charge < -0.3 is 14.4 Å². The van der Waals surface area contributed by atoms with Gasteiger partial charge in [0, 0.05) is 37.1 Å². The van der Waals surface area contributed by atoms with Crippen molar-refractivity contribution in [2.45, 2.75) is 64.7 Å². The number of pyridine rings is 1. The number of aromatic nitrogens is 1. The number of hydrogen-bond acceptors (Lipinski definition) is 3. The van der Waals surface area contributed by atoms with Gasteiger partial charge in [0.2, 0.25) is 0 Å². The Balaban J connectivity index is 1.99. The smallest absolute Gasteiger partial charge is 0.410 e. The van der Waals surface area contributed by atoms with E-state index >= 15 is 0 Å². The number of piperidine rings is 1. The third kappa shape index (κ3) is 4.85. The summed E-state index contributed by atoms with van der Waals surface area (Å²) in [6.45, 7) is 10.5. The Kier molecular flexibility index (Phi) is 4.87. The summed E-state index contributed by atoms with van der Waals surface area (Å²) in [5, 5.41) is 0. The Labute approximate surface area is 139 Å². The highest BCUT2D eigenvalue weighted by molar-refractivity contribution is 5.69. The molecule has 0 aliphatic carbocycles. The second-order valence-electron chi connectivity index (χ2n) is 7.88. The number of rotatable bonds is 2. The Hall–Kier alpha value is -1.78. The van der Waals surface area contributed by atoms with Gasteiger partial charge in [-0.2, -0.15) is 0 Å². The number of nitrogens with zero attached hydrogens (tertiary/aromatic N) is 2. The van der Waals surface area contributed by atoms with Crippen LogP contribution in [0, 0.1) is 0 Å². The maximum Gasteiger partial charge on any atom is 0.410 e. The van der Waals surface area contributed by atoms with Gasteiger partial charge in [0.15, 0.2) is 12.4 Å². The molecule has 0 bridgehead atoms. The summed E-state index contributed by atoms with van der Waals surface area (Å²) >= 11 is 0. The van der Waals surface area contributed by atoms with Crippen LogP contribution in [-0.2, 0) is 11.8 Å². The molecule has 2 heterocycles. The molecule has 0 spiro atoms. The van der Waals surface area contributed by atoms with Crippen molar-refractivity contribution >= 4 is 6.09 Å². The molecule has 1 aromatic rings. The predicted octanol–water partition coefficient (Wildman–Crippen LogP) is 3.07. The number of aryl methyl sites for hydroxylation is 1. The van der Waals surface area contributed by atoms with Crippen molar-refractivity contribution in [3.63, 3.8) is 0 Å². The number of carbonyl (C=O) groups excluding carboxylic acids is 1. The van der Waals surface area contributed by atoms with Crippen molar-refractivity contribution in [2.24, 2.45) is 7.05 Å². The standard InChI is InChI=1S/C18H29N2O3/c1-17(2,3)23-16(21)20-12-9-15(13-18(20,4)5)22-14-7-10-19(6)11-8-14/h7-8,10-11,15H,9,12-13H2,1-6H3/q+1. The fourth-order valence-corrected chi connectivity index (χ4v) is 2.86. The third-order valence-corrected chi connectivity index (χ3v) is 4.00. The SMILES string of the molecule is C[n+]1ccc(OC2CCN(C(=O)OC(C)(C)C)C(C)(C)C2)cc1. The Morgan fingerprint density at radius 3 is 2.43 bits per heavy atom. The van der Waals surface area contributed by atoms with Crippen LogP contribution in [0.1, 0.15) is 47.5 Å². The summed E-state index contributed by atoms with van der Waals surface area (Å²) in [4.78, 5) is 14.2. The average molecular weight is 321 g/mol. The molecule has 5 nitrogen and oxygen atoms in total. The minimum atomic E-state index is -0.472. The topological polar surface area (TPSA) is 42.7 Å². The van der Waals surface area contributed by atoms with E-state index in [0.29, 0.717) is 6.54 Å². The monoisotopic (exact) mass is 321 g/mol. The lowest BCUT2D eigenvalue weighted by atomic mass is 9.89. The minimum absolute atomic E-state index is 0.108. The first-order valence-electron chi connectivity index (χ1n) is 8.19. The molecule has 2 rings (SSSR count). The normalized spacial score (nSPS) is 21.0. The highest BCUT2D eigenvalue weighted by Gasteiger charge is 2.40. The van der Waals surface area contributed by atoms with Crippen LogP contribution in [-0.4, -0.2) is 34.8 Å². The lowest BCUT2D eigenvalue weighted by Gasteiger charge is -2.45. The Bertz CT molecular complexity index is 546. The van der Waals surface area contributed by atoms with Crippen molar-refractivity contribution in [1.29, 1.82) is 0 Å². The van der Waals surface area contributed by atoms with Gasteiger partial charge in [-0.25, -0.2) is 9.36 Å². The Morgan fingerprint density at radius 1 is 1.30 bits per heavy atom. The van der Waals surface area contributed by atoms with Crippen molar-refractivity contribution in [1.82, 2.24) is 4.90 Å². The summed E-state index contributed by atoms with van der Waals surface area (Å²) in [5.74, 6) is 0.870. The number of amides is 1. The quantitative estimate of drug-likeness (QED) is 0.786. The molecule has 1 aromatic heterocycles. The van der Waals surface area contributed by atoms with Gasteiger partial charge in [-0.1, -0.05) is 0 Å². The molecular formula is C18H29N2O3+. The van der Waals surface area contributed by atoms with Crippen LogP contribution in [0.5, 0.6) is 5.75 Å². The van der Waals surface area contributed by atoms with Crippen molar-refractivity contribution in [2.75, 3.05) is 6.54 Å². The first-order chi connectivity index (χ1) is 10.6. The van der Waals surface area contributed by atoms with Gasteiger partial charge in [-0.3, -0.25) is 0 Å². The van der Waals surface area contributed by atoms with Crippen molar-refractivity contribution in [3.05, 3.63) is 24.5 Å². The predicted molar refractivity (Wildman–Crippen MR) is 88.3 cm³/mol. The molecule has 1 aliphatic rings. The molecule has 0 aromatic carbocycles. The number of carbonyl (C=O) groups is 1. The van der Waals surface area contributed by atoms with E-state index in [2.05, 4.69) is 13.8 Å². The molecule has 0 N–H and O–H groups in total. The van der Waals surface area contributed by atoms with E-state index in [0.717, 1.165) is 18.6 Å². The number of ether oxygens (including phenoxy) is 2. The van der Waals surface area contributed by atoms with E-state index in [1.807, 2.05) is 61.8 Å². The highest BCUT2D eigenvalue weighted by atomic mass is 16.6. The molecule has 1 aliphatic heterocycles. The van der Waals surface area contributed by atoms with E-state index in [1.54, 1.807) is 0 Å². The van der Waals surface area contributed by atoms with Gasteiger partial charge in [0.25, 0.3) is 0 Å². The second kappa shape index (κ2) is 6.38. The van der Waals surface area contributed by atoms with Gasteiger partial charge in [-0.05, 0) is 34.6 Å². The summed E-state index contributed by atoms with van der Waals surface area (Å²) < 4.78 is 13.6. The van der Waals surface area contributed by atoms with Crippen LogP contribution in [0.25, 0.3) is 0 Å². The first kappa shape index (κ1) is 17.6. The molecule has 1 amide bonds. The van der Waals surface area contributed by atoms with Crippen LogP contribution in [0.15, 0.2) is 24.5 Å². The van der Waals surface area contributed by atoms with E-state index < -0.39 is 5.60 Å². The number of hydrogen-bond donors (Lipinski definition) is 0.